The zero-order valence-electron chi connectivity index (χ0n) is 17.8. The Hall–Kier alpha value is -3.23. The number of anilines is 1. The van der Waals surface area contributed by atoms with Crippen molar-refractivity contribution < 1.29 is 22.7 Å². The molecular weight excluding hydrogens is 452 g/mol. The highest BCUT2D eigenvalue weighted by Crippen LogP contribution is 2.31. The molecule has 1 amide bonds. The first-order chi connectivity index (χ1) is 15.2. The van der Waals surface area contributed by atoms with Gasteiger partial charge in [-0.25, -0.2) is 8.42 Å². The summed E-state index contributed by atoms with van der Waals surface area (Å²) in [5.74, 6) is 0.927. The molecule has 0 saturated heterocycles. The van der Waals surface area contributed by atoms with E-state index >= 15 is 0 Å². The quantitative estimate of drug-likeness (QED) is 0.479. The Kier molecular flexibility index (Phi) is 7.27. The van der Waals surface area contributed by atoms with Gasteiger partial charge < -0.3 is 14.8 Å². The summed E-state index contributed by atoms with van der Waals surface area (Å²) in [6.07, 6.45) is 0. The number of hydrogen-bond donors (Lipinski definition) is 2. The molecule has 0 heterocycles. The van der Waals surface area contributed by atoms with E-state index in [-0.39, 0.29) is 26.9 Å². The molecule has 2 N–H and O–H groups in total. The number of amides is 1. The lowest BCUT2D eigenvalue weighted by Crippen LogP contribution is -2.23. The van der Waals surface area contributed by atoms with Crippen LogP contribution in [0.2, 0.25) is 5.02 Å². The van der Waals surface area contributed by atoms with E-state index in [1.165, 1.54) is 24.3 Å². The number of ether oxygens (including phenoxy) is 2. The Morgan fingerprint density at radius 3 is 2.47 bits per heavy atom. The maximum atomic E-state index is 12.8. The fourth-order valence-corrected chi connectivity index (χ4v) is 4.59. The second kappa shape index (κ2) is 9.93. The van der Waals surface area contributed by atoms with Gasteiger partial charge in [-0.1, -0.05) is 23.7 Å². The minimum atomic E-state index is -3.97. The molecule has 0 aliphatic carbocycles. The number of benzene rings is 3. The molecule has 7 nitrogen and oxygen atoms in total. The summed E-state index contributed by atoms with van der Waals surface area (Å²) < 4.78 is 39.2. The summed E-state index contributed by atoms with van der Waals surface area (Å²) in [6.45, 7) is 3.99. The highest BCUT2D eigenvalue weighted by atomic mass is 35.5. The van der Waals surface area contributed by atoms with Crippen LogP contribution >= 0.6 is 11.6 Å². The van der Waals surface area contributed by atoms with E-state index in [2.05, 4.69) is 10.0 Å². The molecule has 0 bridgehead atoms. The SMILES string of the molecule is CCNC(=O)c1cc(NS(=O)(=O)c2ccc(C)cc2Cl)ccc1Oc1cccc(OC)c1. The molecule has 0 fully saturated rings. The van der Waals surface area contributed by atoms with E-state index in [1.54, 1.807) is 50.4 Å². The van der Waals surface area contributed by atoms with Crippen molar-refractivity contribution in [3.05, 3.63) is 76.8 Å². The van der Waals surface area contributed by atoms with Crippen molar-refractivity contribution in [1.29, 1.82) is 0 Å². The van der Waals surface area contributed by atoms with Gasteiger partial charge in [0.1, 0.15) is 22.1 Å². The first-order valence-electron chi connectivity index (χ1n) is 9.76. The van der Waals surface area contributed by atoms with Crippen molar-refractivity contribution in [3.8, 4) is 17.2 Å². The summed E-state index contributed by atoms with van der Waals surface area (Å²) >= 11 is 6.13. The number of methoxy groups -OCH3 is 1. The second-order valence-corrected chi connectivity index (χ2v) is 8.95. The second-order valence-electron chi connectivity index (χ2n) is 6.89. The monoisotopic (exact) mass is 474 g/mol. The number of rotatable bonds is 8. The third-order valence-electron chi connectivity index (χ3n) is 4.46. The first-order valence-corrected chi connectivity index (χ1v) is 11.6. The van der Waals surface area contributed by atoms with E-state index in [9.17, 15) is 13.2 Å². The molecule has 0 unspecified atom stereocenters. The molecule has 0 radical (unpaired) electrons. The van der Waals surface area contributed by atoms with Gasteiger partial charge in [0.15, 0.2) is 0 Å². The van der Waals surface area contributed by atoms with Gasteiger partial charge in [0.05, 0.1) is 17.7 Å². The molecule has 0 spiro atoms. The lowest BCUT2D eigenvalue weighted by atomic mass is 10.1. The molecule has 168 valence electrons. The Morgan fingerprint density at radius 2 is 1.78 bits per heavy atom. The molecule has 9 heteroatoms. The number of halogens is 1. The van der Waals surface area contributed by atoms with Crippen molar-refractivity contribution in [1.82, 2.24) is 5.32 Å². The van der Waals surface area contributed by atoms with Crippen LogP contribution in [0, 0.1) is 6.92 Å². The molecule has 32 heavy (non-hydrogen) atoms. The van der Waals surface area contributed by atoms with Crippen LogP contribution < -0.4 is 19.5 Å². The molecule has 3 rings (SSSR count). The van der Waals surface area contributed by atoms with Crippen LogP contribution in [0.1, 0.15) is 22.8 Å². The van der Waals surface area contributed by atoms with Crippen LogP contribution in [0.5, 0.6) is 17.2 Å². The minimum Gasteiger partial charge on any atom is -0.497 e. The van der Waals surface area contributed by atoms with E-state index in [0.29, 0.717) is 18.0 Å². The van der Waals surface area contributed by atoms with Gasteiger partial charge in [0, 0.05) is 18.3 Å². The lowest BCUT2D eigenvalue weighted by Gasteiger charge is -2.15. The molecule has 3 aromatic rings. The number of nitrogens with one attached hydrogen (secondary N) is 2. The van der Waals surface area contributed by atoms with Crippen molar-refractivity contribution >= 4 is 33.2 Å². The smallest absolute Gasteiger partial charge is 0.263 e. The third kappa shape index (κ3) is 5.52. The van der Waals surface area contributed by atoms with E-state index in [0.717, 1.165) is 5.56 Å². The van der Waals surface area contributed by atoms with Crippen LogP contribution in [0.25, 0.3) is 0 Å². The summed E-state index contributed by atoms with van der Waals surface area (Å²) in [6, 6.07) is 16.0. The Labute approximate surface area is 192 Å². The number of sulfonamides is 1. The number of hydrogen-bond acceptors (Lipinski definition) is 5. The predicted octanol–water partition coefficient (Wildman–Crippen LogP) is 5.00. The molecular formula is C23H23ClN2O5S. The minimum absolute atomic E-state index is 0.0546. The lowest BCUT2D eigenvalue weighted by molar-refractivity contribution is 0.0953. The highest BCUT2D eigenvalue weighted by molar-refractivity contribution is 7.92. The number of aryl methyl sites for hydroxylation is 1. The Morgan fingerprint density at radius 1 is 1.03 bits per heavy atom. The maximum absolute atomic E-state index is 12.8. The van der Waals surface area contributed by atoms with Crippen molar-refractivity contribution in [2.75, 3.05) is 18.4 Å². The van der Waals surface area contributed by atoms with Crippen LogP contribution in [-0.4, -0.2) is 28.0 Å². The average Bonchev–Trinajstić information content (AvgIpc) is 2.74. The van der Waals surface area contributed by atoms with Crippen LogP contribution in [0.15, 0.2) is 65.6 Å². The molecule has 0 aliphatic heterocycles. The Bertz CT molecular complexity index is 1240. The molecule has 3 aromatic carbocycles. The van der Waals surface area contributed by atoms with Gasteiger partial charge in [-0.2, -0.15) is 0 Å². The van der Waals surface area contributed by atoms with Crippen LogP contribution in [0.4, 0.5) is 5.69 Å². The molecule has 0 aromatic heterocycles. The summed E-state index contributed by atoms with van der Waals surface area (Å²) in [5.41, 5.74) is 1.21. The summed E-state index contributed by atoms with van der Waals surface area (Å²) in [5, 5.41) is 2.82. The highest BCUT2D eigenvalue weighted by Gasteiger charge is 2.20. The van der Waals surface area contributed by atoms with Crippen molar-refractivity contribution in [3.63, 3.8) is 0 Å². The number of carbonyl (C=O) groups is 1. The van der Waals surface area contributed by atoms with E-state index < -0.39 is 15.9 Å². The van der Waals surface area contributed by atoms with Gasteiger partial charge in [-0.05, 0) is 61.9 Å². The van der Waals surface area contributed by atoms with Gasteiger partial charge in [-0.15, -0.1) is 0 Å². The standard InChI is InChI=1S/C23H23ClN2O5S/c1-4-25-23(27)19-13-16(26-32(28,29)22-11-8-15(2)12-20(22)24)9-10-21(19)31-18-7-5-6-17(14-18)30-3/h5-14,26H,4H2,1-3H3,(H,25,27). The van der Waals surface area contributed by atoms with Crippen LogP contribution in [-0.2, 0) is 10.0 Å². The van der Waals surface area contributed by atoms with E-state index in [4.69, 9.17) is 21.1 Å². The maximum Gasteiger partial charge on any atom is 0.263 e. The zero-order chi connectivity index (χ0) is 23.3. The van der Waals surface area contributed by atoms with Gasteiger partial charge in [0.2, 0.25) is 0 Å². The van der Waals surface area contributed by atoms with Crippen molar-refractivity contribution in [2.45, 2.75) is 18.7 Å². The summed E-state index contributed by atoms with van der Waals surface area (Å²) in [4.78, 5) is 12.6. The normalized spacial score (nSPS) is 11.0. The largest absolute Gasteiger partial charge is 0.497 e. The predicted molar refractivity (Wildman–Crippen MR) is 125 cm³/mol. The average molecular weight is 475 g/mol. The fourth-order valence-electron chi connectivity index (χ4n) is 2.94. The number of carbonyl (C=O) groups excluding carboxylic acids is 1. The van der Waals surface area contributed by atoms with Crippen LogP contribution in [0.3, 0.4) is 0 Å². The summed E-state index contributed by atoms with van der Waals surface area (Å²) in [7, 11) is -2.43. The molecule has 0 atom stereocenters. The topological polar surface area (TPSA) is 93.7 Å². The third-order valence-corrected chi connectivity index (χ3v) is 6.32. The first kappa shape index (κ1) is 23.4. The fraction of sp³-hybridized carbons (Fsp3) is 0.174. The molecule has 0 saturated carbocycles. The van der Waals surface area contributed by atoms with Gasteiger partial charge in [0.25, 0.3) is 15.9 Å². The zero-order valence-corrected chi connectivity index (χ0v) is 19.4. The van der Waals surface area contributed by atoms with E-state index in [1.807, 2.05) is 6.92 Å². The van der Waals surface area contributed by atoms with Crippen molar-refractivity contribution in [2.24, 2.45) is 0 Å². The van der Waals surface area contributed by atoms with Gasteiger partial charge in [-0.3, -0.25) is 9.52 Å². The molecule has 0 aliphatic rings. The van der Waals surface area contributed by atoms with Gasteiger partial charge >= 0.3 is 0 Å². The Balaban J connectivity index is 1.96.